The fourth-order valence-corrected chi connectivity index (χ4v) is 3.29. The summed E-state index contributed by atoms with van der Waals surface area (Å²) in [6.45, 7) is 1.94. The minimum atomic E-state index is -0.0492. The number of carbonyl (C=O) groups excluding carboxylic acids is 1. The first-order chi connectivity index (χ1) is 11.7. The van der Waals surface area contributed by atoms with E-state index in [4.69, 9.17) is 0 Å². The van der Waals surface area contributed by atoms with E-state index in [9.17, 15) is 4.79 Å². The molecule has 0 aliphatic rings. The summed E-state index contributed by atoms with van der Waals surface area (Å²) in [5, 5.41) is 13.5. The van der Waals surface area contributed by atoms with Crippen molar-refractivity contribution in [3.05, 3.63) is 47.0 Å². The first kappa shape index (κ1) is 14.7. The van der Waals surface area contributed by atoms with E-state index in [1.165, 1.54) is 11.3 Å². The first-order valence-corrected chi connectivity index (χ1v) is 8.38. The van der Waals surface area contributed by atoms with Gasteiger partial charge in [-0.05, 0) is 25.1 Å². The predicted molar refractivity (Wildman–Crippen MR) is 92.1 cm³/mol. The van der Waals surface area contributed by atoms with E-state index >= 15 is 0 Å². The largest absolute Gasteiger partial charge is 0.335 e. The van der Waals surface area contributed by atoms with Crippen molar-refractivity contribution in [1.29, 1.82) is 0 Å². The molecule has 0 radical (unpaired) electrons. The van der Waals surface area contributed by atoms with Gasteiger partial charge in [-0.3, -0.25) is 4.79 Å². The Labute approximate surface area is 141 Å². The molecule has 0 spiro atoms. The second-order valence-electron chi connectivity index (χ2n) is 5.28. The summed E-state index contributed by atoms with van der Waals surface area (Å²) in [4.78, 5) is 20.5. The molecule has 4 aromatic rings. The lowest BCUT2D eigenvalue weighted by atomic mass is 10.2. The molecule has 3 aromatic heterocycles. The molecule has 8 heteroatoms. The molecule has 3 heterocycles. The van der Waals surface area contributed by atoms with Crippen molar-refractivity contribution in [3.63, 3.8) is 0 Å². The van der Waals surface area contributed by atoms with E-state index in [2.05, 4.69) is 25.3 Å². The van der Waals surface area contributed by atoms with E-state index in [1.807, 2.05) is 43.3 Å². The van der Waals surface area contributed by atoms with Gasteiger partial charge in [0.25, 0.3) is 0 Å². The second kappa shape index (κ2) is 5.97. The number of ketones is 1. The van der Waals surface area contributed by atoms with Crippen molar-refractivity contribution in [2.75, 3.05) is 0 Å². The van der Waals surface area contributed by atoms with E-state index in [1.54, 1.807) is 4.52 Å². The van der Waals surface area contributed by atoms with Gasteiger partial charge in [-0.15, -0.1) is 10.2 Å². The standard InChI is InChI=1S/C16H14N6OS/c1-2-5-14-21-22-13(19-20-16(22)24-14)9-8-12(23)15-17-10-6-3-4-7-11(10)18-15/h2-7H,8-9H2,1H3,(H,17,18)/b5-2-. The SMILES string of the molecule is C/C=C\c1nn2c(CCC(=O)c3nc4ccccc4[nH]3)nnc2s1. The summed E-state index contributed by atoms with van der Waals surface area (Å²) in [6, 6.07) is 7.59. The van der Waals surface area contributed by atoms with Crippen LogP contribution in [0.2, 0.25) is 0 Å². The molecule has 120 valence electrons. The van der Waals surface area contributed by atoms with Crippen molar-refractivity contribution in [2.24, 2.45) is 0 Å². The van der Waals surface area contributed by atoms with Crippen molar-refractivity contribution in [2.45, 2.75) is 19.8 Å². The van der Waals surface area contributed by atoms with Crippen LogP contribution in [0.5, 0.6) is 0 Å². The molecule has 0 fully saturated rings. The number of fused-ring (bicyclic) bond motifs is 2. The molecule has 0 aliphatic heterocycles. The van der Waals surface area contributed by atoms with Gasteiger partial charge in [0.1, 0.15) is 5.01 Å². The third-order valence-corrected chi connectivity index (χ3v) is 4.47. The number of Topliss-reactive ketones (excluding diaryl/α,β-unsaturated/α-hetero) is 1. The number of nitrogens with zero attached hydrogens (tertiary/aromatic N) is 5. The number of nitrogens with one attached hydrogen (secondary N) is 1. The minimum absolute atomic E-state index is 0.0492. The number of hydrogen-bond acceptors (Lipinski definition) is 6. The number of benzene rings is 1. The maximum absolute atomic E-state index is 12.4. The van der Waals surface area contributed by atoms with Gasteiger partial charge < -0.3 is 4.98 Å². The lowest BCUT2D eigenvalue weighted by Gasteiger charge is -1.95. The smallest absolute Gasteiger partial charge is 0.234 e. The number of H-pyrrole nitrogens is 1. The van der Waals surface area contributed by atoms with Crippen LogP contribution < -0.4 is 0 Å². The quantitative estimate of drug-likeness (QED) is 0.565. The number of aromatic nitrogens is 6. The molecule has 0 saturated carbocycles. The summed E-state index contributed by atoms with van der Waals surface area (Å²) in [5.41, 5.74) is 1.66. The fourth-order valence-electron chi connectivity index (χ4n) is 2.47. The van der Waals surface area contributed by atoms with Gasteiger partial charge in [0, 0.05) is 12.8 Å². The van der Waals surface area contributed by atoms with E-state index in [-0.39, 0.29) is 5.78 Å². The van der Waals surface area contributed by atoms with Crippen LogP contribution in [0, 0.1) is 0 Å². The van der Waals surface area contributed by atoms with Crippen molar-refractivity contribution < 1.29 is 4.79 Å². The number of aryl methyl sites for hydroxylation is 1. The number of aromatic amines is 1. The van der Waals surface area contributed by atoms with Crippen LogP contribution in [0.4, 0.5) is 0 Å². The van der Waals surface area contributed by atoms with Crippen molar-refractivity contribution >= 4 is 39.2 Å². The fraction of sp³-hybridized carbons (Fsp3) is 0.188. The zero-order valence-corrected chi connectivity index (χ0v) is 13.7. The lowest BCUT2D eigenvalue weighted by molar-refractivity contribution is 0.0973. The highest BCUT2D eigenvalue weighted by Gasteiger charge is 2.15. The van der Waals surface area contributed by atoms with Gasteiger partial charge in [0.2, 0.25) is 4.96 Å². The van der Waals surface area contributed by atoms with Gasteiger partial charge in [-0.25, -0.2) is 4.98 Å². The molecule has 0 unspecified atom stereocenters. The Morgan fingerprint density at radius 2 is 2.21 bits per heavy atom. The van der Waals surface area contributed by atoms with Crippen LogP contribution in [0.3, 0.4) is 0 Å². The Balaban J connectivity index is 1.52. The van der Waals surface area contributed by atoms with Gasteiger partial charge in [0.15, 0.2) is 17.4 Å². The average molecular weight is 338 g/mol. The first-order valence-electron chi connectivity index (χ1n) is 7.56. The third kappa shape index (κ3) is 2.61. The summed E-state index contributed by atoms with van der Waals surface area (Å²) < 4.78 is 1.70. The van der Waals surface area contributed by atoms with E-state index in [0.29, 0.717) is 24.5 Å². The number of imidazole rings is 1. The van der Waals surface area contributed by atoms with Crippen LogP contribution in [0.15, 0.2) is 30.3 Å². The molecular formula is C16H14N6OS. The highest BCUT2D eigenvalue weighted by atomic mass is 32.1. The number of para-hydroxylation sites is 2. The van der Waals surface area contributed by atoms with Gasteiger partial charge in [0.05, 0.1) is 11.0 Å². The minimum Gasteiger partial charge on any atom is -0.335 e. The highest BCUT2D eigenvalue weighted by molar-refractivity contribution is 7.17. The Morgan fingerprint density at radius 3 is 3.04 bits per heavy atom. The molecule has 0 atom stereocenters. The molecule has 0 aliphatic carbocycles. The molecule has 0 saturated heterocycles. The molecular weight excluding hydrogens is 324 g/mol. The molecule has 4 rings (SSSR count). The van der Waals surface area contributed by atoms with Crippen LogP contribution in [0.25, 0.3) is 22.1 Å². The lowest BCUT2D eigenvalue weighted by Crippen LogP contribution is -2.06. The van der Waals surface area contributed by atoms with Crippen molar-refractivity contribution in [1.82, 2.24) is 29.8 Å². The van der Waals surface area contributed by atoms with Gasteiger partial charge in [-0.1, -0.05) is 29.5 Å². The molecule has 1 N–H and O–H groups in total. The van der Waals surface area contributed by atoms with Crippen molar-refractivity contribution in [3.8, 4) is 0 Å². The Kier molecular flexibility index (Phi) is 3.66. The number of carbonyl (C=O) groups is 1. The van der Waals surface area contributed by atoms with Gasteiger partial charge in [-0.2, -0.15) is 9.61 Å². The van der Waals surface area contributed by atoms with Gasteiger partial charge >= 0.3 is 0 Å². The zero-order chi connectivity index (χ0) is 16.5. The number of rotatable bonds is 5. The molecule has 0 bridgehead atoms. The summed E-state index contributed by atoms with van der Waals surface area (Å²) in [7, 11) is 0. The number of hydrogen-bond donors (Lipinski definition) is 1. The van der Waals surface area contributed by atoms with Crippen LogP contribution in [0.1, 0.15) is 34.8 Å². The van der Waals surface area contributed by atoms with Crippen LogP contribution in [-0.2, 0) is 6.42 Å². The maximum Gasteiger partial charge on any atom is 0.234 e. The summed E-state index contributed by atoms with van der Waals surface area (Å²) >= 11 is 1.46. The van der Waals surface area contributed by atoms with E-state index < -0.39 is 0 Å². The average Bonchev–Trinajstić information content (AvgIpc) is 3.26. The molecule has 1 aromatic carbocycles. The maximum atomic E-state index is 12.4. The third-order valence-electron chi connectivity index (χ3n) is 3.61. The summed E-state index contributed by atoms with van der Waals surface area (Å²) in [5.74, 6) is 1.01. The Morgan fingerprint density at radius 1 is 1.33 bits per heavy atom. The highest BCUT2D eigenvalue weighted by Crippen LogP contribution is 2.17. The van der Waals surface area contributed by atoms with Crippen LogP contribution in [-0.4, -0.2) is 35.6 Å². The summed E-state index contributed by atoms with van der Waals surface area (Å²) in [6.07, 6.45) is 4.62. The molecule has 24 heavy (non-hydrogen) atoms. The zero-order valence-electron chi connectivity index (χ0n) is 12.9. The monoisotopic (exact) mass is 338 g/mol. The Hall–Kier alpha value is -2.87. The molecule has 0 amide bonds. The second-order valence-corrected chi connectivity index (χ2v) is 6.26. The number of allylic oxidation sites excluding steroid dienone is 1. The normalized spacial score (nSPS) is 11.9. The van der Waals surface area contributed by atoms with Crippen LogP contribution >= 0.6 is 11.3 Å². The molecule has 7 nitrogen and oxygen atoms in total. The Bertz CT molecular complexity index is 1020. The van der Waals surface area contributed by atoms with E-state index in [0.717, 1.165) is 21.0 Å². The predicted octanol–water partition coefficient (Wildman–Crippen LogP) is 2.91. The topological polar surface area (TPSA) is 88.8 Å².